The maximum absolute atomic E-state index is 11.9. The van der Waals surface area contributed by atoms with Gasteiger partial charge in [0.25, 0.3) is 0 Å². The molecule has 0 radical (unpaired) electrons. The van der Waals surface area contributed by atoms with E-state index in [2.05, 4.69) is 4.72 Å². The molecule has 0 atom stereocenters. The topological polar surface area (TPSA) is 75.6 Å². The van der Waals surface area contributed by atoms with E-state index in [0.29, 0.717) is 19.6 Å². The molecule has 1 aromatic rings. The first-order chi connectivity index (χ1) is 9.08. The summed E-state index contributed by atoms with van der Waals surface area (Å²) in [6, 6.07) is 5.62. The Balaban J connectivity index is 1.71. The maximum atomic E-state index is 11.9. The third kappa shape index (κ3) is 4.81. The van der Waals surface area contributed by atoms with E-state index in [1.165, 1.54) is 37.1 Å². The molecule has 0 aromatic heterocycles. The van der Waals surface area contributed by atoms with Crippen molar-refractivity contribution in [2.24, 2.45) is 5.92 Å². The van der Waals surface area contributed by atoms with E-state index in [0.717, 1.165) is 12.5 Å². The van der Waals surface area contributed by atoms with Gasteiger partial charge in [0.15, 0.2) is 0 Å². The zero-order chi connectivity index (χ0) is 13.7. The molecule has 5 nitrogen and oxygen atoms in total. The van der Waals surface area contributed by atoms with Gasteiger partial charge in [0.1, 0.15) is 5.75 Å². The van der Waals surface area contributed by atoms with Gasteiger partial charge in [-0.15, -0.1) is 0 Å². The van der Waals surface area contributed by atoms with Gasteiger partial charge in [0.05, 0.1) is 4.90 Å². The van der Waals surface area contributed by atoms with Crippen molar-refractivity contribution in [2.75, 3.05) is 19.8 Å². The molecule has 0 heterocycles. The Labute approximate surface area is 113 Å². The van der Waals surface area contributed by atoms with Crippen molar-refractivity contribution in [1.29, 1.82) is 0 Å². The van der Waals surface area contributed by atoms with E-state index in [1.54, 1.807) is 0 Å². The van der Waals surface area contributed by atoms with Crippen LogP contribution in [0.4, 0.5) is 0 Å². The first kappa shape index (κ1) is 14.3. The molecule has 1 aliphatic rings. The third-order valence-corrected chi connectivity index (χ3v) is 4.39. The second-order valence-corrected chi connectivity index (χ2v) is 6.53. The van der Waals surface area contributed by atoms with Gasteiger partial charge in [-0.05, 0) is 43.4 Å². The summed E-state index contributed by atoms with van der Waals surface area (Å²) in [6.45, 7) is 1.70. The molecule has 2 rings (SSSR count). The maximum Gasteiger partial charge on any atom is 0.240 e. The van der Waals surface area contributed by atoms with E-state index in [-0.39, 0.29) is 10.6 Å². The number of rotatable bonds is 8. The monoisotopic (exact) mass is 285 g/mol. The molecule has 1 fully saturated rings. The molecule has 19 heavy (non-hydrogen) atoms. The second-order valence-electron chi connectivity index (χ2n) is 4.77. The van der Waals surface area contributed by atoms with Crippen LogP contribution in [0.15, 0.2) is 29.2 Å². The largest absolute Gasteiger partial charge is 0.508 e. The van der Waals surface area contributed by atoms with E-state index < -0.39 is 10.0 Å². The molecule has 1 aromatic carbocycles. The Morgan fingerprint density at radius 1 is 1.37 bits per heavy atom. The first-order valence-electron chi connectivity index (χ1n) is 6.44. The lowest BCUT2D eigenvalue weighted by atomic mass is 10.3. The fourth-order valence-electron chi connectivity index (χ4n) is 1.65. The Morgan fingerprint density at radius 2 is 2.16 bits per heavy atom. The predicted molar refractivity (Wildman–Crippen MR) is 71.5 cm³/mol. The molecule has 6 heteroatoms. The molecule has 0 unspecified atom stereocenters. The molecule has 106 valence electrons. The lowest BCUT2D eigenvalue weighted by molar-refractivity contribution is 0.123. The van der Waals surface area contributed by atoms with Crippen LogP contribution in [0, 0.1) is 5.92 Å². The van der Waals surface area contributed by atoms with Crippen molar-refractivity contribution in [1.82, 2.24) is 4.72 Å². The van der Waals surface area contributed by atoms with Crippen LogP contribution in [0.5, 0.6) is 5.75 Å². The summed E-state index contributed by atoms with van der Waals surface area (Å²) in [4.78, 5) is 0.0754. The molecule has 2 N–H and O–H groups in total. The predicted octanol–water partition coefficient (Wildman–Crippen LogP) is 1.49. The normalized spacial score (nSPS) is 15.6. The van der Waals surface area contributed by atoms with Crippen LogP contribution in [-0.2, 0) is 14.8 Å². The van der Waals surface area contributed by atoms with Crippen molar-refractivity contribution in [3.05, 3.63) is 24.3 Å². The van der Waals surface area contributed by atoms with Gasteiger partial charge < -0.3 is 9.84 Å². The van der Waals surface area contributed by atoms with E-state index in [1.807, 2.05) is 0 Å². The first-order valence-corrected chi connectivity index (χ1v) is 7.93. The van der Waals surface area contributed by atoms with Crippen LogP contribution in [-0.4, -0.2) is 33.3 Å². The number of ether oxygens (including phenoxy) is 1. The number of benzene rings is 1. The fraction of sp³-hybridized carbons (Fsp3) is 0.538. The number of hydrogen-bond donors (Lipinski definition) is 2. The molecule has 0 amide bonds. The number of nitrogens with one attached hydrogen (secondary N) is 1. The SMILES string of the molecule is O=S(=O)(NCCCOCC1CC1)c1cccc(O)c1. The summed E-state index contributed by atoms with van der Waals surface area (Å²) in [5.74, 6) is 0.666. The fourth-order valence-corrected chi connectivity index (χ4v) is 2.76. The molecule has 1 aliphatic carbocycles. The standard InChI is InChI=1S/C13H19NO4S/c15-12-3-1-4-13(9-12)19(16,17)14-7-2-8-18-10-11-5-6-11/h1,3-4,9,11,14-15H,2,5-8,10H2. The van der Waals surface area contributed by atoms with Gasteiger partial charge >= 0.3 is 0 Å². The minimum absolute atomic E-state index is 0.0596. The molecule has 0 saturated heterocycles. The molecule has 0 spiro atoms. The van der Waals surface area contributed by atoms with Crippen molar-refractivity contribution < 1.29 is 18.3 Å². The van der Waals surface area contributed by atoms with Crippen molar-refractivity contribution in [2.45, 2.75) is 24.2 Å². The van der Waals surface area contributed by atoms with Gasteiger partial charge in [0, 0.05) is 19.8 Å². The summed E-state index contributed by atoms with van der Waals surface area (Å²) in [6.07, 6.45) is 3.15. The number of aromatic hydroxyl groups is 1. The highest BCUT2D eigenvalue weighted by Crippen LogP contribution is 2.28. The van der Waals surface area contributed by atoms with Gasteiger partial charge in [-0.2, -0.15) is 0 Å². The average Bonchev–Trinajstić information content (AvgIpc) is 3.17. The van der Waals surface area contributed by atoms with Gasteiger partial charge in [-0.1, -0.05) is 6.07 Å². The Kier molecular flexibility index (Phi) is 4.79. The van der Waals surface area contributed by atoms with Gasteiger partial charge in [0.2, 0.25) is 10.0 Å². The number of phenolic OH excluding ortho intramolecular Hbond substituents is 1. The second kappa shape index (κ2) is 6.36. The Morgan fingerprint density at radius 3 is 2.84 bits per heavy atom. The van der Waals surface area contributed by atoms with Crippen LogP contribution < -0.4 is 4.72 Å². The lowest BCUT2D eigenvalue weighted by Gasteiger charge is -2.07. The Bertz CT molecular complexity index is 511. The van der Waals surface area contributed by atoms with Crippen LogP contribution in [0.2, 0.25) is 0 Å². The summed E-state index contributed by atoms with van der Waals surface area (Å²) >= 11 is 0. The minimum Gasteiger partial charge on any atom is -0.508 e. The summed E-state index contributed by atoms with van der Waals surface area (Å²) in [7, 11) is -3.54. The van der Waals surface area contributed by atoms with E-state index in [4.69, 9.17) is 4.74 Å². The van der Waals surface area contributed by atoms with E-state index >= 15 is 0 Å². The minimum atomic E-state index is -3.54. The molecular weight excluding hydrogens is 266 g/mol. The summed E-state index contributed by atoms with van der Waals surface area (Å²) in [5.41, 5.74) is 0. The highest BCUT2D eigenvalue weighted by atomic mass is 32.2. The smallest absolute Gasteiger partial charge is 0.240 e. The molecule has 0 aliphatic heterocycles. The van der Waals surface area contributed by atoms with Crippen molar-refractivity contribution in [3.63, 3.8) is 0 Å². The number of sulfonamides is 1. The van der Waals surface area contributed by atoms with Crippen molar-refractivity contribution in [3.8, 4) is 5.75 Å². The van der Waals surface area contributed by atoms with Crippen LogP contribution >= 0.6 is 0 Å². The van der Waals surface area contributed by atoms with E-state index in [9.17, 15) is 13.5 Å². The number of phenols is 1. The average molecular weight is 285 g/mol. The third-order valence-electron chi connectivity index (χ3n) is 2.94. The highest BCUT2D eigenvalue weighted by Gasteiger charge is 2.20. The molecular formula is C13H19NO4S. The molecule has 1 saturated carbocycles. The molecule has 0 bridgehead atoms. The quantitative estimate of drug-likeness (QED) is 0.710. The zero-order valence-corrected chi connectivity index (χ0v) is 11.5. The van der Waals surface area contributed by atoms with Crippen LogP contribution in [0.1, 0.15) is 19.3 Å². The van der Waals surface area contributed by atoms with Crippen molar-refractivity contribution >= 4 is 10.0 Å². The van der Waals surface area contributed by atoms with Gasteiger partial charge in [-0.3, -0.25) is 0 Å². The summed E-state index contributed by atoms with van der Waals surface area (Å²) in [5, 5.41) is 9.26. The Hall–Kier alpha value is -1.11. The van der Waals surface area contributed by atoms with Crippen LogP contribution in [0.25, 0.3) is 0 Å². The zero-order valence-electron chi connectivity index (χ0n) is 10.7. The lowest BCUT2D eigenvalue weighted by Crippen LogP contribution is -2.25. The van der Waals surface area contributed by atoms with Crippen LogP contribution in [0.3, 0.4) is 0 Å². The summed E-state index contributed by atoms with van der Waals surface area (Å²) < 4.78 is 31.7. The van der Waals surface area contributed by atoms with Gasteiger partial charge in [-0.25, -0.2) is 13.1 Å². The highest BCUT2D eigenvalue weighted by molar-refractivity contribution is 7.89. The number of hydrogen-bond acceptors (Lipinski definition) is 4.